The average molecular weight is 470 g/mol. The van der Waals surface area contributed by atoms with E-state index in [-0.39, 0.29) is 10.8 Å². The fourth-order valence-electron chi connectivity index (χ4n) is 4.73. The van der Waals surface area contributed by atoms with E-state index in [0.717, 1.165) is 50.9 Å². The van der Waals surface area contributed by atoms with Crippen molar-refractivity contribution in [1.82, 2.24) is 14.5 Å². The highest BCUT2D eigenvalue weighted by Gasteiger charge is 2.25. The predicted molar refractivity (Wildman–Crippen MR) is 130 cm³/mol. The first-order valence-electron chi connectivity index (χ1n) is 12.2. The summed E-state index contributed by atoms with van der Waals surface area (Å²) in [5.41, 5.74) is 2.68. The average Bonchev–Trinajstić information content (AvgIpc) is 3.14. The topological polar surface area (TPSA) is 69.7 Å². The number of amides is 1. The Morgan fingerprint density at radius 1 is 0.788 bits per heavy atom. The van der Waals surface area contributed by atoms with Crippen molar-refractivity contribution in [2.45, 2.75) is 62.9 Å². The number of carbonyl (C=O) groups excluding carboxylic acids is 1. The van der Waals surface area contributed by atoms with Crippen molar-refractivity contribution in [3.8, 4) is 0 Å². The molecule has 2 heterocycles. The van der Waals surface area contributed by atoms with Crippen molar-refractivity contribution in [2.24, 2.45) is 0 Å². The van der Waals surface area contributed by atoms with Gasteiger partial charge in [-0.3, -0.25) is 9.69 Å². The van der Waals surface area contributed by atoms with Gasteiger partial charge in [-0.15, -0.1) is 0 Å². The minimum atomic E-state index is -3.58. The highest BCUT2D eigenvalue weighted by Crippen LogP contribution is 2.21. The molecule has 0 saturated carbocycles. The summed E-state index contributed by atoms with van der Waals surface area (Å²) < 4.78 is 27.7. The number of sulfonamides is 1. The Balaban J connectivity index is 1.38. The number of benzene rings is 2. The largest absolute Gasteiger partial charge is 0.348 e. The molecular formula is C26H35N3O3S. The van der Waals surface area contributed by atoms with Crippen molar-refractivity contribution in [2.75, 3.05) is 26.2 Å². The summed E-state index contributed by atoms with van der Waals surface area (Å²) in [6.45, 7) is 4.75. The summed E-state index contributed by atoms with van der Waals surface area (Å²) >= 11 is 0. The highest BCUT2D eigenvalue weighted by molar-refractivity contribution is 7.89. The summed E-state index contributed by atoms with van der Waals surface area (Å²) in [4.78, 5) is 15.5. The van der Waals surface area contributed by atoms with Crippen LogP contribution in [0.3, 0.4) is 0 Å². The molecule has 1 N–H and O–H groups in total. The van der Waals surface area contributed by atoms with Crippen LogP contribution >= 0.6 is 0 Å². The molecule has 33 heavy (non-hydrogen) atoms. The van der Waals surface area contributed by atoms with Crippen LogP contribution in [0.5, 0.6) is 0 Å². The van der Waals surface area contributed by atoms with Crippen molar-refractivity contribution >= 4 is 15.9 Å². The first-order chi connectivity index (χ1) is 16.0. The summed E-state index contributed by atoms with van der Waals surface area (Å²) in [7, 11) is -3.58. The monoisotopic (exact) mass is 469 g/mol. The lowest BCUT2D eigenvalue weighted by Gasteiger charge is -2.26. The third kappa shape index (κ3) is 6.43. The number of hydrogen-bond acceptors (Lipinski definition) is 4. The van der Waals surface area contributed by atoms with Crippen LogP contribution in [-0.4, -0.2) is 49.7 Å². The van der Waals surface area contributed by atoms with Gasteiger partial charge in [-0.1, -0.05) is 49.6 Å². The molecule has 0 unspecified atom stereocenters. The van der Waals surface area contributed by atoms with Crippen LogP contribution in [0.15, 0.2) is 53.4 Å². The van der Waals surface area contributed by atoms with Gasteiger partial charge in [-0.25, -0.2) is 8.42 Å². The van der Waals surface area contributed by atoms with Crippen LogP contribution in [0.1, 0.15) is 66.4 Å². The number of hydrogen-bond donors (Lipinski definition) is 1. The van der Waals surface area contributed by atoms with Gasteiger partial charge in [-0.2, -0.15) is 4.31 Å². The molecule has 1 amide bonds. The SMILES string of the molecule is O=C(NCc1cccc(CN2CCCCC2)c1)c1cccc(S(=O)(=O)N2CCCCCC2)c1. The zero-order valence-electron chi connectivity index (χ0n) is 19.3. The molecule has 0 bridgehead atoms. The normalized spacial score (nSPS) is 18.5. The lowest BCUT2D eigenvalue weighted by Crippen LogP contribution is -2.32. The predicted octanol–water partition coefficient (Wildman–Crippen LogP) is 4.17. The second-order valence-corrected chi connectivity index (χ2v) is 11.1. The Morgan fingerprint density at radius 2 is 1.42 bits per heavy atom. The lowest BCUT2D eigenvalue weighted by molar-refractivity contribution is 0.0950. The van der Waals surface area contributed by atoms with Gasteiger partial charge in [0.25, 0.3) is 5.91 Å². The number of rotatable bonds is 7. The molecule has 4 rings (SSSR count). The van der Waals surface area contributed by atoms with Crippen molar-refractivity contribution in [1.29, 1.82) is 0 Å². The molecule has 2 aliphatic rings. The Hall–Kier alpha value is -2.22. The van der Waals surface area contributed by atoms with Gasteiger partial charge in [0.1, 0.15) is 0 Å². The molecule has 2 fully saturated rings. The van der Waals surface area contributed by atoms with Gasteiger partial charge >= 0.3 is 0 Å². The highest BCUT2D eigenvalue weighted by atomic mass is 32.2. The molecule has 178 valence electrons. The molecule has 2 aromatic rings. The number of likely N-dealkylation sites (tertiary alicyclic amines) is 1. The van der Waals surface area contributed by atoms with E-state index in [2.05, 4.69) is 22.3 Å². The zero-order valence-corrected chi connectivity index (χ0v) is 20.2. The second kappa shape index (κ2) is 11.3. The summed E-state index contributed by atoms with van der Waals surface area (Å²) in [6, 6.07) is 14.7. The van der Waals surface area contributed by atoms with Gasteiger partial charge in [0.05, 0.1) is 4.90 Å². The van der Waals surface area contributed by atoms with E-state index < -0.39 is 10.0 Å². The van der Waals surface area contributed by atoms with Crippen LogP contribution in [0, 0.1) is 0 Å². The Morgan fingerprint density at radius 3 is 2.18 bits per heavy atom. The van der Waals surface area contributed by atoms with E-state index in [9.17, 15) is 13.2 Å². The zero-order chi connectivity index (χ0) is 23.1. The minimum Gasteiger partial charge on any atom is -0.348 e. The number of nitrogens with one attached hydrogen (secondary N) is 1. The van der Waals surface area contributed by atoms with Gasteiger partial charge in [0.2, 0.25) is 10.0 Å². The van der Waals surface area contributed by atoms with Gasteiger partial charge in [0.15, 0.2) is 0 Å². The van der Waals surface area contributed by atoms with E-state index in [4.69, 9.17) is 0 Å². The smallest absolute Gasteiger partial charge is 0.251 e. The summed E-state index contributed by atoms with van der Waals surface area (Å²) in [5, 5.41) is 2.95. The molecule has 2 aliphatic heterocycles. The molecule has 2 saturated heterocycles. The van der Waals surface area contributed by atoms with Gasteiger partial charge in [-0.05, 0) is 68.1 Å². The molecule has 0 aromatic heterocycles. The molecule has 0 atom stereocenters. The van der Waals surface area contributed by atoms with Gasteiger partial charge in [0, 0.05) is 31.7 Å². The van der Waals surface area contributed by atoms with Crippen LogP contribution in [0.25, 0.3) is 0 Å². The first kappa shape index (κ1) is 23.9. The maximum atomic E-state index is 13.1. The van der Waals surface area contributed by atoms with Crippen molar-refractivity contribution in [3.63, 3.8) is 0 Å². The second-order valence-electron chi connectivity index (χ2n) is 9.19. The van der Waals surface area contributed by atoms with Crippen LogP contribution in [0.2, 0.25) is 0 Å². The Bertz CT molecular complexity index is 1040. The number of piperidine rings is 1. The summed E-state index contributed by atoms with van der Waals surface area (Å²) in [6.07, 6.45) is 7.75. The fourth-order valence-corrected chi connectivity index (χ4v) is 6.29. The first-order valence-corrected chi connectivity index (χ1v) is 13.6. The Kier molecular flexibility index (Phi) is 8.17. The molecule has 6 nitrogen and oxygen atoms in total. The quantitative estimate of drug-likeness (QED) is 0.661. The molecule has 7 heteroatoms. The lowest BCUT2D eigenvalue weighted by atomic mass is 10.1. The van der Waals surface area contributed by atoms with E-state index in [1.54, 1.807) is 22.5 Å². The van der Waals surface area contributed by atoms with Crippen molar-refractivity contribution in [3.05, 3.63) is 65.2 Å². The van der Waals surface area contributed by atoms with Crippen LogP contribution in [0.4, 0.5) is 0 Å². The van der Waals surface area contributed by atoms with Crippen LogP contribution in [-0.2, 0) is 23.1 Å². The summed E-state index contributed by atoms with van der Waals surface area (Å²) in [5.74, 6) is -0.260. The molecule has 0 aliphatic carbocycles. The van der Waals surface area contributed by atoms with E-state index in [1.807, 2.05) is 12.1 Å². The third-order valence-electron chi connectivity index (χ3n) is 6.60. The van der Waals surface area contributed by atoms with E-state index in [0.29, 0.717) is 25.2 Å². The number of carbonyl (C=O) groups is 1. The molecule has 2 aromatic carbocycles. The molecule has 0 radical (unpaired) electrons. The molecule has 0 spiro atoms. The maximum absolute atomic E-state index is 13.1. The van der Waals surface area contributed by atoms with E-state index in [1.165, 1.54) is 30.9 Å². The molecular weight excluding hydrogens is 434 g/mol. The maximum Gasteiger partial charge on any atom is 0.251 e. The fraction of sp³-hybridized carbons (Fsp3) is 0.500. The van der Waals surface area contributed by atoms with Crippen LogP contribution < -0.4 is 5.32 Å². The van der Waals surface area contributed by atoms with Crippen molar-refractivity contribution < 1.29 is 13.2 Å². The standard InChI is InChI=1S/C26H35N3O3S/c30-26(27-20-22-10-8-11-23(18-22)21-28-14-4-3-5-15-28)24-12-9-13-25(19-24)33(31,32)29-16-6-1-2-7-17-29/h8-13,18-19H,1-7,14-17,20-21H2,(H,27,30). The number of nitrogens with zero attached hydrogens (tertiary/aromatic N) is 2. The van der Waals surface area contributed by atoms with E-state index >= 15 is 0 Å². The Labute approximate surface area is 198 Å². The van der Waals surface area contributed by atoms with Gasteiger partial charge < -0.3 is 5.32 Å². The minimum absolute atomic E-state index is 0.195. The third-order valence-corrected chi connectivity index (χ3v) is 8.49.